The maximum absolute atomic E-state index is 16.5. The van der Waals surface area contributed by atoms with E-state index in [0.717, 1.165) is 29.5 Å². The van der Waals surface area contributed by atoms with Crippen LogP contribution in [0.1, 0.15) is 12.0 Å². The highest BCUT2D eigenvalue weighted by Crippen LogP contribution is 2.46. The van der Waals surface area contributed by atoms with Gasteiger partial charge < -0.3 is 20.7 Å². The van der Waals surface area contributed by atoms with E-state index in [9.17, 15) is 26.3 Å². The monoisotopic (exact) mass is 615 g/mol. The minimum Gasteiger partial charge on any atom is -0.462 e. The lowest BCUT2D eigenvalue weighted by molar-refractivity contribution is -0.137. The summed E-state index contributed by atoms with van der Waals surface area (Å²) in [5.74, 6) is -5.05. The molecule has 42 heavy (non-hydrogen) atoms. The van der Waals surface area contributed by atoms with Crippen LogP contribution in [0.5, 0.6) is 6.01 Å². The van der Waals surface area contributed by atoms with Gasteiger partial charge in [0.05, 0.1) is 28.4 Å². The molecule has 3 N–H and O–H groups in total. The van der Waals surface area contributed by atoms with Crippen molar-refractivity contribution in [3.8, 4) is 17.1 Å². The first-order chi connectivity index (χ1) is 19.7. The average molecular weight is 616 g/mol. The lowest BCUT2D eigenvalue weighted by Gasteiger charge is -2.37. The zero-order chi connectivity index (χ0) is 30.1. The summed E-state index contributed by atoms with van der Waals surface area (Å²) in [4.78, 5) is 15.4. The number of likely N-dealkylation sites (N-methyl/N-ethyl adjacent to an activating group) is 2. The van der Waals surface area contributed by atoms with Crippen molar-refractivity contribution in [2.24, 2.45) is 0 Å². The molecule has 0 radical (unpaired) electrons. The second-order valence-corrected chi connectivity index (χ2v) is 11.6. The molecule has 2 aromatic carbocycles. The second kappa shape index (κ2) is 10.1. The minimum absolute atomic E-state index is 0.0234. The third-order valence-corrected chi connectivity index (χ3v) is 8.56. The first kappa shape index (κ1) is 28.6. The Bertz CT molecular complexity index is 1690. The number of nitrogens with one attached hydrogen (secondary N) is 1. The highest BCUT2D eigenvalue weighted by molar-refractivity contribution is 7.22. The Kier molecular flexibility index (Phi) is 6.85. The van der Waals surface area contributed by atoms with Gasteiger partial charge in [0, 0.05) is 49.1 Å². The molecule has 2 aromatic heterocycles. The number of alkyl halides is 5. The topological polar surface area (TPSA) is 92.4 Å². The molecule has 0 saturated carbocycles. The number of benzene rings is 2. The molecule has 0 bridgehead atoms. The summed E-state index contributed by atoms with van der Waals surface area (Å²) in [7, 11) is 3.11. The van der Waals surface area contributed by atoms with Crippen LogP contribution in [-0.4, -0.2) is 78.2 Å². The van der Waals surface area contributed by atoms with E-state index in [1.807, 2.05) is 0 Å². The summed E-state index contributed by atoms with van der Waals surface area (Å²) in [6, 6.07) is 1.45. The van der Waals surface area contributed by atoms with Crippen molar-refractivity contribution in [3.05, 3.63) is 35.4 Å². The predicted molar refractivity (Wildman–Crippen MR) is 144 cm³/mol. The van der Waals surface area contributed by atoms with Crippen molar-refractivity contribution in [1.82, 2.24) is 25.2 Å². The van der Waals surface area contributed by atoms with Gasteiger partial charge >= 0.3 is 12.2 Å². The Morgan fingerprint density at radius 1 is 1.17 bits per heavy atom. The molecule has 1 atom stereocenters. The molecule has 8 nitrogen and oxygen atoms in total. The largest absolute Gasteiger partial charge is 0.462 e. The van der Waals surface area contributed by atoms with Crippen molar-refractivity contribution in [1.29, 1.82) is 0 Å². The number of halogens is 7. The third-order valence-electron chi connectivity index (χ3n) is 7.66. The van der Waals surface area contributed by atoms with Crippen LogP contribution in [-0.2, 0) is 6.18 Å². The summed E-state index contributed by atoms with van der Waals surface area (Å²) in [6.45, 7) is 0.294. The van der Waals surface area contributed by atoms with Gasteiger partial charge in [0.1, 0.15) is 23.8 Å². The quantitative estimate of drug-likeness (QED) is 0.296. The van der Waals surface area contributed by atoms with E-state index in [4.69, 9.17) is 10.5 Å². The number of aromatic nitrogens is 3. The minimum atomic E-state index is -5.03. The normalized spacial score (nSPS) is 19.5. The fourth-order valence-electron chi connectivity index (χ4n) is 5.34. The highest BCUT2D eigenvalue weighted by Gasteiger charge is 2.44. The number of rotatable bonds is 6. The molecule has 224 valence electrons. The summed E-state index contributed by atoms with van der Waals surface area (Å²) in [6.07, 6.45) is -5.50. The third kappa shape index (κ3) is 4.94. The number of fused-ring (bicyclic) bond motifs is 2. The van der Waals surface area contributed by atoms with Gasteiger partial charge in [-0.15, -0.1) is 0 Å². The van der Waals surface area contributed by atoms with Crippen molar-refractivity contribution >= 4 is 43.4 Å². The summed E-state index contributed by atoms with van der Waals surface area (Å²) < 4.78 is 108. The lowest BCUT2D eigenvalue weighted by Crippen LogP contribution is -2.56. The van der Waals surface area contributed by atoms with E-state index in [2.05, 4.69) is 20.3 Å². The number of likely N-dealkylation sites (tertiary alicyclic amines) is 1. The molecule has 0 unspecified atom stereocenters. The number of nitrogens with two attached hydrogens (primary N) is 1. The maximum Gasteiger partial charge on any atom is 0.417 e. The molecule has 2 aliphatic heterocycles. The maximum atomic E-state index is 16.5. The molecule has 0 aliphatic carbocycles. The van der Waals surface area contributed by atoms with Gasteiger partial charge in [-0.05, 0) is 25.2 Å². The number of thiazole rings is 1. The van der Waals surface area contributed by atoms with Gasteiger partial charge in [-0.2, -0.15) is 23.1 Å². The lowest BCUT2D eigenvalue weighted by atomic mass is 9.95. The van der Waals surface area contributed by atoms with Crippen LogP contribution in [0, 0.1) is 11.6 Å². The Hall–Kier alpha value is -3.50. The van der Waals surface area contributed by atoms with E-state index < -0.39 is 59.4 Å². The molecule has 4 aromatic rings. The average Bonchev–Trinajstić information content (AvgIpc) is 3.39. The summed E-state index contributed by atoms with van der Waals surface area (Å²) in [5, 5.41) is 2.72. The Morgan fingerprint density at radius 3 is 2.52 bits per heavy atom. The molecule has 2 saturated heterocycles. The molecule has 0 spiro atoms. The van der Waals surface area contributed by atoms with E-state index in [1.54, 1.807) is 11.9 Å². The van der Waals surface area contributed by atoms with Gasteiger partial charge in [-0.1, -0.05) is 11.3 Å². The fraction of sp³-hybridized carbons (Fsp3) is 0.423. The Morgan fingerprint density at radius 2 is 1.90 bits per heavy atom. The zero-order valence-corrected chi connectivity index (χ0v) is 23.0. The first-order valence-electron chi connectivity index (χ1n) is 12.8. The SMILES string of the molecule is CN(c1nc(OC[C@@H]2CC(F)(F)CN2C)nc2c(F)c(-c3ccc(F)c4sc(N)nc34)c(C(F)(F)F)cc12)C1CNC1. The number of nitrogen functional groups attached to an aromatic ring is 1. The van der Waals surface area contributed by atoms with E-state index >= 15 is 4.39 Å². The number of ether oxygens (including phenoxy) is 1. The molecular formula is C26H24F7N7OS. The van der Waals surface area contributed by atoms with Crippen LogP contribution in [0.3, 0.4) is 0 Å². The van der Waals surface area contributed by atoms with Crippen molar-refractivity contribution < 1.29 is 35.5 Å². The second-order valence-electron chi connectivity index (χ2n) is 10.5. The summed E-state index contributed by atoms with van der Waals surface area (Å²) >= 11 is 0.722. The van der Waals surface area contributed by atoms with Gasteiger partial charge in [-0.3, -0.25) is 4.90 Å². The molecule has 4 heterocycles. The highest BCUT2D eigenvalue weighted by atomic mass is 32.1. The van der Waals surface area contributed by atoms with Gasteiger partial charge in [0.2, 0.25) is 0 Å². The van der Waals surface area contributed by atoms with Gasteiger partial charge in [0.25, 0.3) is 5.92 Å². The standard InChI is InChI=1S/C26H24F7N7OS/c1-39-10-25(29,30)6-11(39)9-41-24-37-19-14(22(38-24)40(2)12-7-35-8-12)5-15(26(31,32)33)17(18(19)28)13-3-4-16(27)21-20(13)36-23(34)42-21/h3-5,11-12,35H,6-10H2,1-2H3,(H2,34,36)/t11-/m0/s1. The molecular weight excluding hydrogens is 591 g/mol. The van der Waals surface area contributed by atoms with E-state index in [1.165, 1.54) is 11.9 Å². The Labute approximate surface area is 238 Å². The molecule has 2 fully saturated rings. The number of nitrogens with zero attached hydrogens (tertiary/aromatic N) is 5. The van der Waals surface area contributed by atoms with Crippen LogP contribution in [0.15, 0.2) is 18.2 Å². The van der Waals surface area contributed by atoms with Gasteiger partial charge in [-0.25, -0.2) is 22.5 Å². The van der Waals surface area contributed by atoms with Gasteiger partial charge in [0.15, 0.2) is 10.9 Å². The Balaban J connectivity index is 1.55. The van der Waals surface area contributed by atoms with Crippen molar-refractivity contribution in [3.63, 3.8) is 0 Å². The smallest absolute Gasteiger partial charge is 0.417 e. The summed E-state index contributed by atoms with van der Waals surface area (Å²) in [5.41, 5.74) is 2.47. The van der Waals surface area contributed by atoms with Crippen molar-refractivity contribution in [2.45, 2.75) is 30.6 Å². The zero-order valence-electron chi connectivity index (χ0n) is 22.2. The first-order valence-corrected chi connectivity index (χ1v) is 13.7. The molecule has 2 aliphatic rings. The van der Waals surface area contributed by atoms with E-state index in [-0.39, 0.29) is 50.8 Å². The number of anilines is 2. The van der Waals surface area contributed by atoms with Crippen LogP contribution in [0.4, 0.5) is 41.7 Å². The number of hydrogen-bond donors (Lipinski definition) is 2. The number of hydrogen-bond acceptors (Lipinski definition) is 9. The van der Waals surface area contributed by atoms with Crippen molar-refractivity contribution in [2.75, 3.05) is 51.0 Å². The fourth-order valence-corrected chi connectivity index (χ4v) is 6.11. The molecule has 0 amide bonds. The molecule has 16 heteroatoms. The van der Waals surface area contributed by atoms with Crippen LogP contribution >= 0.6 is 11.3 Å². The van der Waals surface area contributed by atoms with Crippen LogP contribution in [0.25, 0.3) is 32.2 Å². The van der Waals surface area contributed by atoms with E-state index in [0.29, 0.717) is 13.1 Å². The molecule has 6 rings (SSSR count). The van der Waals surface area contributed by atoms with Crippen LogP contribution < -0.4 is 20.7 Å². The van der Waals surface area contributed by atoms with Crippen LogP contribution in [0.2, 0.25) is 0 Å². The predicted octanol–water partition coefficient (Wildman–Crippen LogP) is 4.91.